The standard InChI is InChI=1S/C20H21N3O4/c24-18(13-5-6-13)21-14-7-9-15(10-8-14)22-19(25)16-3-1-11-23(16)20(26)17-4-2-12-27-17/h2,4,7-10,12-13,16H,1,3,5-6,11H2,(H,21,24)(H,22,25). The molecule has 27 heavy (non-hydrogen) atoms. The second-order valence-electron chi connectivity index (χ2n) is 6.96. The summed E-state index contributed by atoms with van der Waals surface area (Å²) < 4.78 is 5.16. The Balaban J connectivity index is 1.37. The van der Waals surface area contributed by atoms with Crippen molar-refractivity contribution in [2.45, 2.75) is 31.7 Å². The van der Waals surface area contributed by atoms with Gasteiger partial charge in [-0.1, -0.05) is 0 Å². The number of likely N-dealkylation sites (tertiary alicyclic amines) is 1. The lowest BCUT2D eigenvalue weighted by atomic mass is 10.2. The fraction of sp³-hybridized carbons (Fsp3) is 0.350. The summed E-state index contributed by atoms with van der Waals surface area (Å²) >= 11 is 0. The first-order valence-corrected chi connectivity index (χ1v) is 9.18. The molecule has 2 fully saturated rings. The first kappa shape index (κ1) is 17.3. The van der Waals surface area contributed by atoms with E-state index in [2.05, 4.69) is 10.6 Å². The summed E-state index contributed by atoms with van der Waals surface area (Å²) in [4.78, 5) is 38.5. The van der Waals surface area contributed by atoms with Gasteiger partial charge in [0.05, 0.1) is 6.26 Å². The van der Waals surface area contributed by atoms with E-state index in [9.17, 15) is 14.4 Å². The van der Waals surface area contributed by atoms with Crippen molar-refractivity contribution in [2.75, 3.05) is 17.2 Å². The number of furan rings is 1. The van der Waals surface area contributed by atoms with Crippen LogP contribution >= 0.6 is 0 Å². The Labute approximate surface area is 156 Å². The normalized spacial score (nSPS) is 19.0. The zero-order valence-corrected chi connectivity index (χ0v) is 14.8. The third-order valence-corrected chi connectivity index (χ3v) is 4.92. The van der Waals surface area contributed by atoms with Gasteiger partial charge < -0.3 is 20.0 Å². The molecule has 7 nitrogen and oxygen atoms in total. The highest BCUT2D eigenvalue weighted by atomic mass is 16.3. The van der Waals surface area contributed by atoms with Crippen molar-refractivity contribution in [3.05, 3.63) is 48.4 Å². The van der Waals surface area contributed by atoms with E-state index in [4.69, 9.17) is 4.42 Å². The van der Waals surface area contributed by atoms with Crippen molar-refractivity contribution in [1.82, 2.24) is 4.90 Å². The lowest BCUT2D eigenvalue weighted by molar-refractivity contribution is -0.120. The maximum Gasteiger partial charge on any atom is 0.290 e. The fourth-order valence-electron chi connectivity index (χ4n) is 3.28. The molecule has 140 valence electrons. The number of nitrogens with one attached hydrogen (secondary N) is 2. The van der Waals surface area contributed by atoms with Gasteiger partial charge in [-0.05, 0) is 62.1 Å². The first-order valence-electron chi connectivity index (χ1n) is 9.18. The smallest absolute Gasteiger partial charge is 0.290 e. The second-order valence-corrected chi connectivity index (χ2v) is 6.96. The molecule has 1 aliphatic carbocycles. The van der Waals surface area contributed by atoms with Crippen molar-refractivity contribution < 1.29 is 18.8 Å². The number of hydrogen-bond acceptors (Lipinski definition) is 4. The zero-order chi connectivity index (χ0) is 18.8. The van der Waals surface area contributed by atoms with Crippen molar-refractivity contribution in [2.24, 2.45) is 5.92 Å². The van der Waals surface area contributed by atoms with Crippen LogP contribution in [0, 0.1) is 5.92 Å². The minimum atomic E-state index is -0.517. The summed E-state index contributed by atoms with van der Waals surface area (Å²) in [5, 5.41) is 5.72. The van der Waals surface area contributed by atoms with Crippen LogP contribution in [0.1, 0.15) is 36.2 Å². The molecule has 1 aliphatic heterocycles. The number of amides is 3. The van der Waals surface area contributed by atoms with Crippen LogP contribution < -0.4 is 10.6 Å². The average Bonchev–Trinajstić information content (AvgIpc) is 3.18. The Morgan fingerprint density at radius 3 is 2.19 bits per heavy atom. The number of benzene rings is 1. The summed E-state index contributed by atoms with van der Waals surface area (Å²) in [6.07, 6.45) is 4.75. The van der Waals surface area contributed by atoms with Gasteiger partial charge in [-0.25, -0.2) is 0 Å². The summed E-state index contributed by atoms with van der Waals surface area (Å²) in [5.74, 6) is -0.0577. The average molecular weight is 367 g/mol. The molecule has 4 rings (SSSR count). The van der Waals surface area contributed by atoms with Crippen molar-refractivity contribution in [3.8, 4) is 0 Å². The third kappa shape index (κ3) is 3.86. The van der Waals surface area contributed by atoms with Gasteiger partial charge in [-0.2, -0.15) is 0 Å². The van der Waals surface area contributed by atoms with Gasteiger partial charge in [0, 0.05) is 23.8 Å². The largest absolute Gasteiger partial charge is 0.459 e. The second kappa shape index (κ2) is 7.26. The van der Waals surface area contributed by atoms with Gasteiger partial charge >= 0.3 is 0 Å². The van der Waals surface area contributed by atoms with Gasteiger partial charge in [0.1, 0.15) is 6.04 Å². The lowest BCUT2D eigenvalue weighted by Gasteiger charge is -2.23. The van der Waals surface area contributed by atoms with E-state index in [0.29, 0.717) is 24.3 Å². The highest BCUT2D eigenvalue weighted by Crippen LogP contribution is 2.30. The van der Waals surface area contributed by atoms with E-state index in [1.165, 1.54) is 6.26 Å². The number of hydrogen-bond donors (Lipinski definition) is 2. The van der Waals surface area contributed by atoms with Crippen LogP contribution in [0.4, 0.5) is 11.4 Å². The van der Waals surface area contributed by atoms with Crippen molar-refractivity contribution in [1.29, 1.82) is 0 Å². The Bertz CT molecular complexity index is 841. The van der Waals surface area contributed by atoms with Crippen LogP contribution in [0.3, 0.4) is 0 Å². The minimum Gasteiger partial charge on any atom is -0.459 e. The maximum absolute atomic E-state index is 12.7. The van der Waals surface area contributed by atoms with Crippen LogP contribution in [-0.2, 0) is 9.59 Å². The van der Waals surface area contributed by atoms with Gasteiger partial charge in [-0.15, -0.1) is 0 Å². The third-order valence-electron chi connectivity index (χ3n) is 4.92. The van der Waals surface area contributed by atoms with Gasteiger partial charge in [0.2, 0.25) is 11.8 Å². The van der Waals surface area contributed by atoms with Gasteiger partial charge in [-0.3, -0.25) is 14.4 Å². The quantitative estimate of drug-likeness (QED) is 0.850. The zero-order valence-electron chi connectivity index (χ0n) is 14.8. The molecule has 7 heteroatoms. The van der Waals surface area contributed by atoms with E-state index >= 15 is 0 Å². The molecule has 1 saturated carbocycles. The monoisotopic (exact) mass is 367 g/mol. The van der Waals surface area contributed by atoms with Crippen LogP contribution in [0.5, 0.6) is 0 Å². The van der Waals surface area contributed by atoms with Gasteiger partial charge in [0.25, 0.3) is 5.91 Å². The number of anilines is 2. The Kier molecular flexibility index (Phi) is 4.66. The Hall–Kier alpha value is -3.09. The van der Waals surface area contributed by atoms with E-state index in [-0.39, 0.29) is 29.4 Å². The molecule has 1 aromatic carbocycles. The molecular weight excluding hydrogens is 346 g/mol. The first-order chi connectivity index (χ1) is 13.1. The van der Waals surface area contributed by atoms with Crippen molar-refractivity contribution in [3.63, 3.8) is 0 Å². The van der Waals surface area contributed by atoms with E-state index in [1.54, 1.807) is 41.3 Å². The molecule has 2 aromatic rings. The molecule has 2 aliphatic rings. The molecule has 2 N–H and O–H groups in total. The number of carbonyl (C=O) groups is 3. The summed E-state index contributed by atoms with van der Waals surface area (Å²) in [5.41, 5.74) is 1.34. The fourth-order valence-corrected chi connectivity index (χ4v) is 3.28. The molecule has 0 radical (unpaired) electrons. The Morgan fingerprint density at radius 2 is 1.59 bits per heavy atom. The predicted octanol–water partition coefficient (Wildman–Crippen LogP) is 2.87. The summed E-state index contributed by atoms with van der Waals surface area (Å²) in [6.45, 7) is 0.532. The number of rotatable bonds is 5. The van der Waals surface area contributed by atoms with Gasteiger partial charge in [0.15, 0.2) is 5.76 Å². The van der Waals surface area contributed by atoms with Crippen LogP contribution in [0.2, 0.25) is 0 Å². The molecule has 2 heterocycles. The molecule has 1 aromatic heterocycles. The Morgan fingerprint density at radius 1 is 0.926 bits per heavy atom. The topological polar surface area (TPSA) is 91.7 Å². The summed E-state index contributed by atoms with van der Waals surface area (Å²) in [6, 6.07) is 9.75. The van der Waals surface area contributed by atoms with Crippen LogP contribution in [-0.4, -0.2) is 35.2 Å². The molecular formula is C20H21N3O4. The molecule has 0 spiro atoms. The molecule has 0 bridgehead atoms. The SMILES string of the molecule is O=C(Nc1ccc(NC(=O)C2CCCN2C(=O)c2ccco2)cc1)C1CC1. The van der Waals surface area contributed by atoms with E-state index in [0.717, 1.165) is 19.3 Å². The maximum atomic E-state index is 12.7. The van der Waals surface area contributed by atoms with E-state index in [1.807, 2.05) is 0 Å². The summed E-state index contributed by atoms with van der Waals surface area (Å²) in [7, 11) is 0. The molecule has 1 saturated heterocycles. The molecule has 3 amide bonds. The van der Waals surface area contributed by atoms with Crippen LogP contribution in [0.25, 0.3) is 0 Å². The lowest BCUT2D eigenvalue weighted by Crippen LogP contribution is -2.43. The van der Waals surface area contributed by atoms with Crippen LogP contribution in [0.15, 0.2) is 47.1 Å². The highest BCUT2D eigenvalue weighted by molar-refractivity contribution is 6.00. The minimum absolute atomic E-state index is 0.0461. The number of carbonyl (C=O) groups excluding carboxylic acids is 3. The molecule has 1 atom stereocenters. The van der Waals surface area contributed by atoms with E-state index < -0.39 is 6.04 Å². The molecule has 1 unspecified atom stereocenters. The number of nitrogens with zero attached hydrogens (tertiary/aromatic N) is 1. The van der Waals surface area contributed by atoms with Crippen molar-refractivity contribution >= 4 is 29.1 Å². The highest BCUT2D eigenvalue weighted by Gasteiger charge is 2.35. The predicted molar refractivity (Wildman–Crippen MR) is 99.2 cm³/mol.